The number of ether oxygens (including phenoxy) is 5. The van der Waals surface area contributed by atoms with Gasteiger partial charge in [-0.3, -0.25) is 4.79 Å². The van der Waals surface area contributed by atoms with E-state index >= 15 is 0 Å². The van der Waals surface area contributed by atoms with Crippen LogP contribution in [0.5, 0.6) is 11.5 Å². The number of carbonyl (C=O) groups excluding carboxylic acids is 1. The number of esters is 1. The van der Waals surface area contributed by atoms with Gasteiger partial charge in [-0.15, -0.1) is 0 Å². The minimum Gasteiger partial charge on any atom is -0.497 e. The molecule has 3 aromatic carbocycles. The van der Waals surface area contributed by atoms with Gasteiger partial charge >= 0.3 is 5.97 Å². The summed E-state index contributed by atoms with van der Waals surface area (Å²) in [5.74, 6) is 1.10. The predicted molar refractivity (Wildman–Crippen MR) is 256 cm³/mol. The molecule has 0 spiro atoms. The molecule has 4 aromatic rings. The van der Waals surface area contributed by atoms with Crippen molar-refractivity contribution in [3.8, 4) is 17.6 Å². The summed E-state index contributed by atoms with van der Waals surface area (Å²) in [6.07, 6.45) is 0.805. The Morgan fingerprint density at radius 2 is 1.42 bits per heavy atom. The first-order chi connectivity index (χ1) is 30.7. The van der Waals surface area contributed by atoms with Gasteiger partial charge in [0, 0.05) is 18.3 Å². The molecule has 1 unspecified atom stereocenters. The summed E-state index contributed by atoms with van der Waals surface area (Å²) in [5.41, 5.74) is 1.40. The van der Waals surface area contributed by atoms with E-state index in [4.69, 9.17) is 42.1 Å². The number of rotatable bonds is 21. The van der Waals surface area contributed by atoms with E-state index < -0.39 is 52.3 Å². The maximum Gasteiger partial charge on any atom is 0.312 e. The molecule has 0 radical (unpaired) electrons. The summed E-state index contributed by atoms with van der Waals surface area (Å²) < 4.78 is 57.0. The van der Waals surface area contributed by atoms with E-state index in [1.165, 1.54) is 0 Å². The van der Waals surface area contributed by atoms with Crippen LogP contribution in [0.1, 0.15) is 104 Å². The Morgan fingerprint density at radius 1 is 0.862 bits per heavy atom. The lowest BCUT2D eigenvalue weighted by atomic mass is 9.80. The average molecular weight is 931 g/mol. The van der Waals surface area contributed by atoms with E-state index in [0.717, 1.165) is 16.7 Å². The highest BCUT2D eigenvalue weighted by atomic mass is 31.2. The van der Waals surface area contributed by atoms with Gasteiger partial charge < -0.3 is 41.7 Å². The number of imidazole rings is 1. The molecule has 5 rings (SSSR count). The third kappa shape index (κ3) is 12.4. The van der Waals surface area contributed by atoms with E-state index in [1.54, 1.807) is 25.1 Å². The molecular weight excluding hydrogens is 860 g/mol. The maximum atomic E-state index is 12.8. The summed E-state index contributed by atoms with van der Waals surface area (Å²) in [4.78, 5) is 17.6. The van der Waals surface area contributed by atoms with Crippen LogP contribution in [0.15, 0.2) is 91.4 Å². The molecule has 65 heavy (non-hydrogen) atoms. The minimum absolute atomic E-state index is 0.0187. The first-order valence-electron chi connectivity index (χ1n) is 22.4. The zero-order chi connectivity index (χ0) is 47.7. The number of hydrogen-bond acceptors (Lipinski definition) is 12. The fourth-order valence-electron chi connectivity index (χ4n) is 7.50. The molecule has 15 heteroatoms. The quantitative estimate of drug-likeness (QED) is 0.0259. The molecular formula is C50H71N4O9PSi. The van der Waals surface area contributed by atoms with Crippen molar-refractivity contribution in [2.24, 2.45) is 5.41 Å². The van der Waals surface area contributed by atoms with Crippen LogP contribution in [-0.2, 0) is 44.8 Å². The van der Waals surface area contributed by atoms with Gasteiger partial charge in [-0.25, -0.2) is 9.65 Å². The molecule has 354 valence electrons. The summed E-state index contributed by atoms with van der Waals surface area (Å²) >= 11 is 0. The Labute approximate surface area is 389 Å². The number of benzene rings is 3. The molecule has 0 N–H and O–H groups in total. The SMILES string of the molecule is COc1ccc(C(OC[C@H]2O[C@@H](c3cn(COC(=O)C(C)(C)C)cn3)[C@H](O[Si](C)(C)C(C)(C)C)[C@@H]2OP(OCCC#N)N(C(C)C)C(C)C)(c2ccccc2)c2ccc(OC)cc2)cc1. The lowest BCUT2D eigenvalue weighted by Crippen LogP contribution is -2.49. The standard InChI is InChI=1S/C50H71N4O9PSi/c1-35(2)54(36(3)4)64(60-30-18-29-51)62-45-43(61-44(46(45)63-65(13,14)49(8,9)10)42-31-53(33-52-42)34-58-47(55)48(5,6)7)32-59-50(37-19-16-15-17-20-37,38-21-25-40(56-11)26-22-38)39-23-27-41(57-12)28-24-39/h15-17,19-28,31,33,35-36,43-46H,18,30,32,34H2,1-14H3/t43-,44+,45-,46+,64?/m1/s1. The number of nitrogens with zero attached hydrogens (tertiary/aromatic N) is 4. The Kier molecular flexibility index (Phi) is 17.6. The van der Waals surface area contributed by atoms with Crippen molar-refractivity contribution in [1.29, 1.82) is 5.26 Å². The van der Waals surface area contributed by atoms with Crippen molar-refractivity contribution in [2.75, 3.05) is 27.4 Å². The highest BCUT2D eigenvalue weighted by molar-refractivity contribution is 7.44. The molecule has 0 saturated carbocycles. The summed E-state index contributed by atoms with van der Waals surface area (Å²) in [6.45, 7) is 25.2. The Morgan fingerprint density at radius 3 is 1.91 bits per heavy atom. The van der Waals surface area contributed by atoms with Crippen LogP contribution in [0.4, 0.5) is 0 Å². The average Bonchev–Trinajstić information content (AvgIpc) is 3.86. The van der Waals surface area contributed by atoms with Gasteiger partial charge in [-0.2, -0.15) is 5.26 Å². The predicted octanol–water partition coefficient (Wildman–Crippen LogP) is 10.9. The van der Waals surface area contributed by atoms with Gasteiger partial charge in [0.2, 0.25) is 0 Å². The second kappa shape index (κ2) is 22.1. The van der Waals surface area contributed by atoms with Gasteiger partial charge in [-0.05, 0) is 108 Å². The fourth-order valence-corrected chi connectivity index (χ4v) is 10.6. The van der Waals surface area contributed by atoms with Gasteiger partial charge in [0.15, 0.2) is 15.0 Å². The zero-order valence-electron chi connectivity index (χ0n) is 40.9. The first kappa shape index (κ1) is 51.8. The third-order valence-corrected chi connectivity index (χ3v) is 18.6. The molecule has 13 nitrogen and oxygen atoms in total. The largest absolute Gasteiger partial charge is 0.497 e. The number of hydrogen-bond donors (Lipinski definition) is 0. The van der Waals surface area contributed by atoms with E-state index in [1.807, 2.05) is 93.7 Å². The minimum atomic E-state index is -2.57. The van der Waals surface area contributed by atoms with Crippen molar-refractivity contribution in [2.45, 2.75) is 143 Å². The summed E-state index contributed by atoms with van der Waals surface area (Å²) in [5, 5.41) is 9.40. The van der Waals surface area contributed by atoms with E-state index in [2.05, 4.69) is 84.4 Å². The number of methoxy groups -OCH3 is 2. The molecule has 2 heterocycles. The normalized spacial score (nSPS) is 18.8. The van der Waals surface area contributed by atoms with Crippen LogP contribution in [-0.4, -0.2) is 86.3 Å². The highest BCUT2D eigenvalue weighted by Gasteiger charge is 2.54. The van der Waals surface area contributed by atoms with Crippen LogP contribution in [0.25, 0.3) is 0 Å². The van der Waals surface area contributed by atoms with Crippen molar-refractivity contribution in [3.05, 3.63) is 114 Å². The Bertz CT molecular complexity index is 2090. The maximum absolute atomic E-state index is 12.8. The highest BCUT2D eigenvalue weighted by Crippen LogP contribution is 2.53. The molecule has 0 aliphatic carbocycles. The number of nitriles is 1. The van der Waals surface area contributed by atoms with Gasteiger partial charge in [-0.1, -0.05) is 75.4 Å². The van der Waals surface area contributed by atoms with E-state index in [-0.39, 0.29) is 49.5 Å². The van der Waals surface area contributed by atoms with Crippen molar-refractivity contribution < 1.29 is 42.0 Å². The molecule has 0 bridgehead atoms. The van der Waals surface area contributed by atoms with Gasteiger partial charge in [0.05, 0.1) is 57.4 Å². The zero-order valence-corrected chi connectivity index (χ0v) is 42.8. The number of carbonyl (C=O) groups is 1. The monoisotopic (exact) mass is 930 g/mol. The molecule has 1 fully saturated rings. The number of aromatic nitrogens is 2. The van der Waals surface area contributed by atoms with Crippen LogP contribution in [0.2, 0.25) is 18.1 Å². The smallest absolute Gasteiger partial charge is 0.312 e. The van der Waals surface area contributed by atoms with Gasteiger partial charge in [0.25, 0.3) is 8.53 Å². The summed E-state index contributed by atoms with van der Waals surface area (Å²) in [6, 6.07) is 28.3. The van der Waals surface area contributed by atoms with Crippen molar-refractivity contribution in [1.82, 2.24) is 14.2 Å². The molecule has 1 aromatic heterocycles. The second-order valence-electron chi connectivity index (χ2n) is 19.5. The van der Waals surface area contributed by atoms with Crippen LogP contribution in [0.3, 0.4) is 0 Å². The van der Waals surface area contributed by atoms with E-state index in [0.29, 0.717) is 17.2 Å². The summed E-state index contributed by atoms with van der Waals surface area (Å²) in [7, 11) is -1.04. The van der Waals surface area contributed by atoms with Crippen molar-refractivity contribution >= 4 is 22.8 Å². The fraction of sp³-hybridized carbons (Fsp3) is 0.540. The molecule has 5 atom stereocenters. The molecule has 0 amide bonds. The lowest BCUT2D eigenvalue weighted by molar-refractivity contribution is -0.156. The van der Waals surface area contributed by atoms with Crippen molar-refractivity contribution in [3.63, 3.8) is 0 Å². The first-order valence-corrected chi connectivity index (χ1v) is 26.5. The van der Waals surface area contributed by atoms with Crippen LogP contribution >= 0.6 is 8.53 Å². The van der Waals surface area contributed by atoms with E-state index in [9.17, 15) is 10.1 Å². The Hall–Kier alpha value is -4.16. The van der Waals surface area contributed by atoms with Crippen LogP contribution in [0, 0.1) is 16.7 Å². The molecule has 1 aliphatic rings. The third-order valence-electron chi connectivity index (χ3n) is 12.0. The van der Waals surface area contributed by atoms with Gasteiger partial charge in [0.1, 0.15) is 41.5 Å². The molecule has 1 aliphatic heterocycles. The lowest BCUT2D eigenvalue weighted by Gasteiger charge is -2.42. The Balaban J connectivity index is 1.70. The topological polar surface area (TPSA) is 136 Å². The second-order valence-corrected chi connectivity index (χ2v) is 25.7. The molecule has 1 saturated heterocycles. The van der Waals surface area contributed by atoms with Crippen LogP contribution < -0.4 is 9.47 Å².